The van der Waals surface area contributed by atoms with Crippen molar-refractivity contribution in [3.8, 4) is 0 Å². The number of hydrogen-bond donors (Lipinski definition) is 1. The van der Waals surface area contributed by atoms with Gasteiger partial charge in [0.25, 0.3) is 0 Å². The molecule has 0 aliphatic rings. The Balaban J connectivity index is 2.86. The molecule has 1 atom stereocenters. The van der Waals surface area contributed by atoms with Gasteiger partial charge in [-0.3, -0.25) is 0 Å². The molecule has 5 heteroatoms. The Bertz CT molecular complexity index is 318. The van der Waals surface area contributed by atoms with E-state index in [-0.39, 0.29) is 18.6 Å². The highest BCUT2D eigenvalue weighted by molar-refractivity contribution is 5.21. The largest absolute Gasteiger partial charge is 0.388 e. The van der Waals surface area contributed by atoms with Gasteiger partial charge in [0, 0.05) is 20.1 Å². The van der Waals surface area contributed by atoms with Crippen LogP contribution >= 0.6 is 0 Å². The van der Waals surface area contributed by atoms with Gasteiger partial charge in [-0.2, -0.15) is 0 Å². The van der Waals surface area contributed by atoms with E-state index in [1.807, 2.05) is 0 Å². The number of hydrogen-bond acceptors (Lipinski definition) is 2. The summed E-state index contributed by atoms with van der Waals surface area (Å²) in [7, 11) is 1.44. The molecule has 15 heavy (non-hydrogen) atoms. The Kier molecular flexibility index (Phi) is 4.11. The van der Waals surface area contributed by atoms with E-state index in [9.17, 15) is 18.3 Å². The van der Waals surface area contributed by atoms with Crippen molar-refractivity contribution in [1.29, 1.82) is 0 Å². The quantitative estimate of drug-likeness (QED) is 0.788. The summed E-state index contributed by atoms with van der Waals surface area (Å²) in [4.78, 5) is 0. The van der Waals surface area contributed by atoms with Crippen LogP contribution in [0.1, 0.15) is 18.1 Å². The molecule has 1 unspecified atom stereocenters. The van der Waals surface area contributed by atoms with E-state index >= 15 is 0 Å². The molecule has 0 saturated carbocycles. The highest BCUT2D eigenvalue weighted by Crippen LogP contribution is 2.21. The van der Waals surface area contributed by atoms with Crippen molar-refractivity contribution < 1.29 is 23.0 Å². The standard InChI is InChI=1S/C10H11F3O2/c1-15-3-2-9(14)6-4-7(11)10(13)8(12)5-6/h4-5,9,14H,2-3H2,1H3. The van der Waals surface area contributed by atoms with Crippen LogP contribution in [0.4, 0.5) is 13.2 Å². The van der Waals surface area contributed by atoms with Crippen LogP contribution in [-0.4, -0.2) is 18.8 Å². The van der Waals surface area contributed by atoms with E-state index in [1.54, 1.807) is 0 Å². The zero-order valence-corrected chi connectivity index (χ0v) is 8.14. The first kappa shape index (κ1) is 12.0. The highest BCUT2D eigenvalue weighted by Gasteiger charge is 2.15. The van der Waals surface area contributed by atoms with Crippen LogP contribution < -0.4 is 0 Å². The van der Waals surface area contributed by atoms with Gasteiger partial charge in [-0.05, 0) is 17.7 Å². The first-order chi connectivity index (χ1) is 7.06. The van der Waals surface area contributed by atoms with E-state index in [0.717, 1.165) is 12.1 Å². The summed E-state index contributed by atoms with van der Waals surface area (Å²) in [6.45, 7) is 0.252. The SMILES string of the molecule is COCCC(O)c1cc(F)c(F)c(F)c1. The Hall–Kier alpha value is -1.07. The second kappa shape index (κ2) is 5.14. The molecular weight excluding hydrogens is 209 g/mol. The van der Waals surface area contributed by atoms with Crippen LogP contribution in [0.3, 0.4) is 0 Å². The lowest BCUT2D eigenvalue weighted by atomic mass is 10.1. The van der Waals surface area contributed by atoms with Crippen LogP contribution in [-0.2, 0) is 4.74 Å². The zero-order chi connectivity index (χ0) is 11.4. The molecule has 0 spiro atoms. The van der Waals surface area contributed by atoms with Gasteiger partial charge in [0.05, 0.1) is 6.10 Å². The van der Waals surface area contributed by atoms with Gasteiger partial charge in [0.15, 0.2) is 17.5 Å². The van der Waals surface area contributed by atoms with Crippen molar-refractivity contribution in [2.45, 2.75) is 12.5 Å². The molecule has 0 aliphatic heterocycles. The third-order valence-electron chi connectivity index (χ3n) is 1.99. The van der Waals surface area contributed by atoms with E-state index < -0.39 is 23.6 Å². The Morgan fingerprint density at radius 1 is 1.27 bits per heavy atom. The van der Waals surface area contributed by atoms with E-state index in [1.165, 1.54) is 7.11 Å². The Labute approximate surface area is 85.3 Å². The van der Waals surface area contributed by atoms with Crippen molar-refractivity contribution in [1.82, 2.24) is 0 Å². The molecular formula is C10H11F3O2. The Morgan fingerprint density at radius 2 is 1.80 bits per heavy atom. The van der Waals surface area contributed by atoms with E-state index in [0.29, 0.717) is 0 Å². The van der Waals surface area contributed by atoms with E-state index in [4.69, 9.17) is 4.74 Å². The predicted molar refractivity (Wildman–Crippen MR) is 47.8 cm³/mol. The number of ether oxygens (including phenoxy) is 1. The van der Waals surface area contributed by atoms with Gasteiger partial charge < -0.3 is 9.84 Å². The van der Waals surface area contributed by atoms with Crippen LogP contribution in [0.2, 0.25) is 0 Å². The number of methoxy groups -OCH3 is 1. The average molecular weight is 220 g/mol. The van der Waals surface area contributed by atoms with Gasteiger partial charge in [0.1, 0.15) is 0 Å². The van der Waals surface area contributed by atoms with Crippen LogP contribution in [0.5, 0.6) is 0 Å². The average Bonchev–Trinajstić information content (AvgIpc) is 2.21. The van der Waals surface area contributed by atoms with Crippen molar-refractivity contribution in [2.24, 2.45) is 0 Å². The monoisotopic (exact) mass is 220 g/mol. The fourth-order valence-electron chi connectivity index (χ4n) is 1.16. The topological polar surface area (TPSA) is 29.5 Å². The molecule has 1 aromatic carbocycles. The maximum atomic E-state index is 12.8. The maximum Gasteiger partial charge on any atom is 0.194 e. The summed E-state index contributed by atoms with van der Waals surface area (Å²) in [5.74, 6) is -4.14. The molecule has 1 aromatic rings. The third-order valence-corrected chi connectivity index (χ3v) is 1.99. The molecule has 0 fully saturated rings. The minimum atomic E-state index is -1.53. The number of rotatable bonds is 4. The van der Waals surface area contributed by atoms with Crippen molar-refractivity contribution in [3.63, 3.8) is 0 Å². The summed E-state index contributed by atoms with van der Waals surface area (Å²) in [5.41, 5.74) is 0.00319. The number of aliphatic hydroxyl groups is 1. The van der Waals surface area contributed by atoms with Gasteiger partial charge >= 0.3 is 0 Å². The lowest BCUT2D eigenvalue weighted by Crippen LogP contribution is -2.04. The number of halogens is 3. The normalized spacial score (nSPS) is 12.9. The molecule has 0 amide bonds. The minimum absolute atomic E-state index is 0.00319. The fourth-order valence-corrected chi connectivity index (χ4v) is 1.16. The number of benzene rings is 1. The molecule has 84 valence electrons. The van der Waals surface area contributed by atoms with Crippen LogP contribution in [0.25, 0.3) is 0 Å². The first-order valence-corrected chi connectivity index (χ1v) is 4.37. The highest BCUT2D eigenvalue weighted by atomic mass is 19.2. The second-order valence-electron chi connectivity index (χ2n) is 3.10. The second-order valence-corrected chi connectivity index (χ2v) is 3.10. The Morgan fingerprint density at radius 3 is 2.27 bits per heavy atom. The van der Waals surface area contributed by atoms with Gasteiger partial charge in [-0.15, -0.1) is 0 Å². The fraction of sp³-hybridized carbons (Fsp3) is 0.400. The van der Waals surface area contributed by atoms with Crippen LogP contribution in [0, 0.1) is 17.5 Å². The lowest BCUT2D eigenvalue weighted by Gasteiger charge is -2.10. The maximum absolute atomic E-state index is 12.8. The lowest BCUT2D eigenvalue weighted by molar-refractivity contribution is 0.110. The third kappa shape index (κ3) is 2.94. The molecule has 1 N–H and O–H groups in total. The summed E-state index contributed by atoms with van der Waals surface area (Å²) in [6, 6.07) is 1.55. The van der Waals surface area contributed by atoms with Crippen molar-refractivity contribution in [2.75, 3.05) is 13.7 Å². The molecule has 0 heterocycles. The van der Waals surface area contributed by atoms with Crippen LogP contribution in [0.15, 0.2) is 12.1 Å². The summed E-state index contributed by atoms with van der Waals surface area (Å²) in [6.07, 6.45) is -0.865. The minimum Gasteiger partial charge on any atom is -0.388 e. The summed E-state index contributed by atoms with van der Waals surface area (Å²) in [5, 5.41) is 9.46. The smallest absolute Gasteiger partial charge is 0.194 e. The molecule has 0 saturated heterocycles. The van der Waals surface area contributed by atoms with E-state index in [2.05, 4.69) is 0 Å². The number of aliphatic hydroxyl groups excluding tert-OH is 1. The van der Waals surface area contributed by atoms with Gasteiger partial charge in [-0.25, -0.2) is 13.2 Å². The summed E-state index contributed by atoms with van der Waals surface area (Å²) >= 11 is 0. The molecule has 0 radical (unpaired) electrons. The zero-order valence-electron chi connectivity index (χ0n) is 8.14. The molecule has 0 aliphatic carbocycles. The van der Waals surface area contributed by atoms with Gasteiger partial charge in [-0.1, -0.05) is 0 Å². The first-order valence-electron chi connectivity index (χ1n) is 4.37. The van der Waals surface area contributed by atoms with Crippen molar-refractivity contribution >= 4 is 0 Å². The molecule has 2 nitrogen and oxygen atoms in total. The predicted octanol–water partition coefficient (Wildman–Crippen LogP) is 2.17. The van der Waals surface area contributed by atoms with Gasteiger partial charge in [0.2, 0.25) is 0 Å². The summed E-state index contributed by atoms with van der Waals surface area (Å²) < 4.78 is 42.8. The molecule has 0 bridgehead atoms. The van der Waals surface area contributed by atoms with Crippen molar-refractivity contribution in [3.05, 3.63) is 35.1 Å². The molecule has 0 aromatic heterocycles. The molecule has 1 rings (SSSR count).